The highest BCUT2D eigenvalue weighted by Crippen LogP contribution is 2.33. The molecule has 1 atom stereocenters. The second-order valence-electron chi connectivity index (χ2n) is 3.29. The third kappa shape index (κ3) is 2.56. The van der Waals surface area contributed by atoms with Crippen molar-refractivity contribution < 1.29 is 18.3 Å². The van der Waals surface area contributed by atoms with E-state index in [-0.39, 0.29) is 0 Å². The third-order valence-corrected chi connectivity index (χ3v) is 1.08. The van der Waals surface area contributed by atoms with Crippen LogP contribution in [0.1, 0.15) is 20.8 Å². The van der Waals surface area contributed by atoms with E-state index in [0.717, 1.165) is 0 Å². The molecule has 0 aliphatic heterocycles. The smallest absolute Gasteiger partial charge is 0.223 e. The SMILES string of the molecule is CC(C)(C)C([O])C(F)(F)F. The van der Waals surface area contributed by atoms with Gasteiger partial charge in [0.05, 0.1) is 0 Å². The fraction of sp³-hybridized carbons (Fsp3) is 1.00. The highest BCUT2D eigenvalue weighted by molar-refractivity contribution is 4.78. The molecule has 0 amide bonds. The summed E-state index contributed by atoms with van der Waals surface area (Å²) >= 11 is 0. The Morgan fingerprint density at radius 1 is 1.10 bits per heavy atom. The maximum Gasteiger partial charge on any atom is 0.418 e. The van der Waals surface area contributed by atoms with Crippen molar-refractivity contribution in [2.45, 2.75) is 33.1 Å². The van der Waals surface area contributed by atoms with Gasteiger partial charge >= 0.3 is 6.18 Å². The summed E-state index contributed by atoms with van der Waals surface area (Å²) in [6.45, 7) is 3.83. The summed E-state index contributed by atoms with van der Waals surface area (Å²) in [4.78, 5) is 0. The Bertz CT molecular complexity index is 97.1. The molecule has 0 saturated heterocycles. The summed E-state index contributed by atoms with van der Waals surface area (Å²) in [6.07, 6.45) is -7.10. The molecule has 0 aromatic rings. The molecule has 0 N–H and O–H groups in total. The van der Waals surface area contributed by atoms with E-state index < -0.39 is 17.7 Å². The molecule has 0 rings (SSSR count). The molecule has 0 aromatic heterocycles. The number of halogens is 3. The van der Waals surface area contributed by atoms with E-state index in [9.17, 15) is 18.3 Å². The average molecular weight is 155 g/mol. The largest absolute Gasteiger partial charge is 0.418 e. The first-order valence-corrected chi connectivity index (χ1v) is 2.88. The Hall–Kier alpha value is -0.250. The zero-order chi connectivity index (χ0) is 8.58. The van der Waals surface area contributed by atoms with Crippen molar-refractivity contribution in [1.82, 2.24) is 0 Å². The number of hydrogen-bond donors (Lipinski definition) is 0. The van der Waals surface area contributed by atoms with Gasteiger partial charge in [-0.1, -0.05) is 20.8 Å². The Balaban J connectivity index is 4.23. The molecule has 0 aliphatic carbocycles. The molecular weight excluding hydrogens is 145 g/mol. The van der Waals surface area contributed by atoms with Gasteiger partial charge in [0.15, 0.2) is 6.10 Å². The van der Waals surface area contributed by atoms with Crippen LogP contribution in [0.25, 0.3) is 0 Å². The van der Waals surface area contributed by atoms with Crippen LogP contribution in [0.15, 0.2) is 0 Å². The zero-order valence-electron chi connectivity index (χ0n) is 6.12. The Kier molecular flexibility index (Phi) is 2.36. The monoisotopic (exact) mass is 155 g/mol. The van der Waals surface area contributed by atoms with Crippen molar-refractivity contribution in [2.24, 2.45) is 5.41 Å². The molecular formula is C6H10F3O. The van der Waals surface area contributed by atoms with Crippen molar-refractivity contribution in [1.29, 1.82) is 0 Å². The highest BCUT2D eigenvalue weighted by Gasteiger charge is 2.47. The average Bonchev–Trinajstić information content (AvgIpc) is 1.59. The Labute approximate surface area is 57.9 Å². The standard InChI is InChI=1S/C6H10F3O/c1-5(2,3)4(10)6(7,8)9/h4H,1-3H3. The van der Waals surface area contributed by atoms with Crippen LogP contribution < -0.4 is 0 Å². The van der Waals surface area contributed by atoms with Gasteiger partial charge in [0.25, 0.3) is 0 Å². The predicted octanol–water partition coefficient (Wildman–Crippen LogP) is 2.39. The third-order valence-electron chi connectivity index (χ3n) is 1.08. The van der Waals surface area contributed by atoms with E-state index >= 15 is 0 Å². The van der Waals surface area contributed by atoms with Gasteiger partial charge in [-0.2, -0.15) is 13.2 Å². The quantitative estimate of drug-likeness (QED) is 0.512. The minimum Gasteiger partial charge on any atom is -0.223 e. The molecule has 4 heteroatoms. The molecule has 0 heterocycles. The van der Waals surface area contributed by atoms with E-state index in [2.05, 4.69) is 0 Å². The Morgan fingerprint density at radius 3 is 1.40 bits per heavy atom. The molecule has 1 nitrogen and oxygen atoms in total. The van der Waals surface area contributed by atoms with E-state index in [1.54, 1.807) is 0 Å². The summed E-state index contributed by atoms with van der Waals surface area (Å²) in [6, 6.07) is 0. The molecule has 0 bridgehead atoms. The van der Waals surface area contributed by atoms with E-state index in [0.29, 0.717) is 0 Å². The van der Waals surface area contributed by atoms with Crippen LogP contribution in [-0.2, 0) is 5.11 Å². The summed E-state index contributed by atoms with van der Waals surface area (Å²) in [7, 11) is 0. The summed E-state index contributed by atoms with van der Waals surface area (Å²) in [5, 5.41) is 10.4. The maximum absolute atomic E-state index is 11.6. The van der Waals surface area contributed by atoms with Gasteiger partial charge < -0.3 is 0 Å². The van der Waals surface area contributed by atoms with E-state index in [4.69, 9.17) is 0 Å². The van der Waals surface area contributed by atoms with Crippen molar-refractivity contribution in [3.63, 3.8) is 0 Å². The zero-order valence-corrected chi connectivity index (χ0v) is 6.12. The summed E-state index contributed by atoms with van der Waals surface area (Å²) in [5.41, 5.74) is -1.24. The molecule has 0 spiro atoms. The van der Waals surface area contributed by atoms with Gasteiger partial charge in [-0.3, -0.25) is 0 Å². The van der Waals surface area contributed by atoms with Gasteiger partial charge in [-0.05, 0) is 0 Å². The lowest BCUT2D eigenvalue weighted by molar-refractivity contribution is -0.250. The molecule has 61 valence electrons. The van der Waals surface area contributed by atoms with E-state index in [1.807, 2.05) is 0 Å². The summed E-state index contributed by atoms with van der Waals surface area (Å²) < 4.78 is 34.9. The first-order chi connectivity index (χ1) is 4.15. The Morgan fingerprint density at radius 2 is 1.40 bits per heavy atom. The number of hydrogen-bond acceptors (Lipinski definition) is 0. The number of rotatable bonds is 0. The van der Waals surface area contributed by atoms with Gasteiger partial charge in [0.1, 0.15) is 0 Å². The molecule has 0 fully saturated rings. The van der Waals surface area contributed by atoms with E-state index in [1.165, 1.54) is 20.8 Å². The van der Waals surface area contributed by atoms with Gasteiger partial charge in [-0.15, -0.1) is 0 Å². The van der Waals surface area contributed by atoms with Crippen molar-refractivity contribution in [3.8, 4) is 0 Å². The van der Waals surface area contributed by atoms with Crippen LogP contribution in [0.2, 0.25) is 0 Å². The lowest BCUT2D eigenvalue weighted by Crippen LogP contribution is -2.38. The maximum atomic E-state index is 11.6. The van der Waals surface area contributed by atoms with Gasteiger partial charge in [0, 0.05) is 5.41 Å². The lowest BCUT2D eigenvalue weighted by Gasteiger charge is -2.25. The fourth-order valence-electron chi connectivity index (χ4n) is 0.491. The van der Waals surface area contributed by atoms with Gasteiger partial charge in [0.2, 0.25) is 0 Å². The molecule has 0 aromatic carbocycles. The lowest BCUT2D eigenvalue weighted by atomic mass is 9.89. The summed E-state index contributed by atoms with van der Waals surface area (Å²) in [5.74, 6) is 0. The van der Waals surface area contributed by atoms with Crippen LogP contribution in [0.3, 0.4) is 0 Å². The predicted molar refractivity (Wildman–Crippen MR) is 30.0 cm³/mol. The minimum atomic E-state index is -4.61. The topological polar surface area (TPSA) is 19.9 Å². The normalized spacial score (nSPS) is 17.1. The van der Waals surface area contributed by atoms with Crippen molar-refractivity contribution in [2.75, 3.05) is 0 Å². The number of alkyl halides is 3. The first-order valence-electron chi connectivity index (χ1n) is 2.88. The highest BCUT2D eigenvalue weighted by atomic mass is 19.4. The van der Waals surface area contributed by atoms with Crippen LogP contribution in [0, 0.1) is 5.41 Å². The van der Waals surface area contributed by atoms with Crippen LogP contribution in [-0.4, -0.2) is 12.3 Å². The molecule has 1 unspecified atom stereocenters. The fourth-order valence-corrected chi connectivity index (χ4v) is 0.491. The van der Waals surface area contributed by atoms with Crippen molar-refractivity contribution >= 4 is 0 Å². The second kappa shape index (κ2) is 2.42. The van der Waals surface area contributed by atoms with Crippen LogP contribution >= 0.6 is 0 Å². The molecule has 10 heavy (non-hydrogen) atoms. The van der Waals surface area contributed by atoms with Crippen LogP contribution in [0.4, 0.5) is 13.2 Å². The molecule has 1 radical (unpaired) electrons. The molecule has 0 saturated carbocycles. The van der Waals surface area contributed by atoms with Crippen LogP contribution in [0.5, 0.6) is 0 Å². The van der Waals surface area contributed by atoms with Crippen molar-refractivity contribution in [3.05, 3.63) is 0 Å². The molecule has 0 aliphatic rings. The minimum absolute atomic E-state index is 1.24. The second-order valence-corrected chi connectivity index (χ2v) is 3.29. The van der Waals surface area contributed by atoms with Gasteiger partial charge in [-0.25, -0.2) is 5.11 Å². The first kappa shape index (κ1) is 9.75.